The average Bonchev–Trinajstić information content (AvgIpc) is 2.51. The Morgan fingerprint density at radius 2 is 2.00 bits per heavy atom. The molecule has 0 saturated carbocycles. The van der Waals surface area contributed by atoms with Gasteiger partial charge in [0.05, 0.1) is 7.11 Å². The third-order valence-corrected chi connectivity index (χ3v) is 3.51. The van der Waals surface area contributed by atoms with Gasteiger partial charge in [0.1, 0.15) is 11.3 Å². The largest absolute Gasteiger partial charge is 0.504 e. The second kappa shape index (κ2) is 3.99. The molecule has 0 spiro atoms. The summed E-state index contributed by atoms with van der Waals surface area (Å²) in [4.78, 5) is 0. The monoisotopic (exact) mass is 232 g/mol. The topological polar surface area (TPSA) is 42.6 Å². The SMILES string of the molecule is COc1cc2oc3c(c2cc1O)CCCCC3. The van der Waals surface area contributed by atoms with Gasteiger partial charge in [-0.1, -0.05) is 6.42 Å². The summed E-state index contributed by atoms with van der Waals surface area (Å²) in [5.74, 6) is 1.75. The Bertz CT molecular complexity index is 554. The first kappa shape index (κ1) is 10.5. The molecule has 1 aromatic heterocycles. The maximum atomic E-state index is 9.83. The minimum Gasteiger partial charge on any atom is -0.504 e. The highest BCUT2D eigenvalue weighted by molar-refractivity contribution is 5.85. The Balaban J connectivity index is 2.21. The van der Waals surface area contributed by atoms with E-state index in [9.17, 15) is 5.11 Å². The van der Waals surface area contributed by atoms with Crippen LogP contribution in [0.1, 0.15) is 30.6 Å². The van der Waals surface area contributed by atoms with Gasteiger partial charge in [0, 0.05) is 23.4 Å². The van der Waals surface area contributed by atoms with E-state index >= 15 is 0 Å². The molecule has 0 atom stereocenters. The normalized spacial score (nSPS) is 15.6. The van der Waals surface area contributed by atoms with Crippen molar-refractivity contribution in [1.29, 1.82) is 0 Å². The zero-order valence-electron chi connectivity index (χ0n) is 9.95. The van der Waals surface area contributed by atoms with Gasteiger partial charge >= 0.3 is 0 Å². The molecule has 3 nitrogen and oxygen atoms in total. The van der Waals surface area contributed by atoms with Crippen LogP contribution in [0.2, 0.25) is 0 Å². The lowest BCUT2D eigenvalue weighted by molar-refractivity contribution is 0.373. The average molecular weight is 232 g/mol. The molecule has 0 bridgehead atoms. The summed E-state index contributed by atoms with van der Waals surface area (Å²) in [5.41, 5.74) is 2.10. The van der Waals surface area contributed by atoms with Gasteiger partial charge in [-0.05, 0) is 25.3 Å². The molecule has 0 aliphatic heterocycles. The number of furan rings is 1. The van der Waals surface area contributed by atoms with Crippen LogP contribution in [0.4, 0.5) is 0 Å². The van der Waals surface area contributed by atoms with Crippen molar-refractivity contribution in [2.75, 3.05) is 7.11 Å². The van der Waals surface area contributed by atoms with Crippen LogP contribution >= 0.6 is 0 Å². The van der Waals surface area contributed by atoms with Crippen LogP contribution in [-0.2, 0) is 12.8 Å². The van der Waals surface area contributed by atoms with Crippen molar-refractivity contribution in [2.24, 2.45) is 0 Å². The number of phenolic OH excluding ortho intramolecular Hbond substituents is 1. The molecule has 1 aliphatic rings. The number of methoxy groups -OCH3 is 1. The lowest BCUT2D eigenvalue weighted by Gasteiger charge is -2.03. The molecule has 1 heterocycles. The second-order valence-electron chi connectivity index (χ2n) is 4.58. The molecular weight excluding hydrogens is 216 g/mol. The van der Waals surface area contributed by atoms with Crippen LogP contribution < -0.4 is 4.74 Å². The Morgan fingerprint density at radius 3 is 2.82 bits per heavy atom. The number of benzene rings is 1. The molecule has 90 valence electrons. The summed E-state index contributed by atoms with van der Waals surface area (Å²) in [7, 11) is 1.55. The summed E-state index contributed by atoms with van der Waals surface area (Å²) in [6, 6.07) is 3.54. The zero-order chi connectivity index (χ0) is 11.8. The number of aryl methyl sites for hydroxylation is 2. The number of ether oxygens (including phenoxy) is 1. The molecule has 1 aromatic carbocycles. The number of hydrogen-bond donors (Lipinski definition) is 1. The molecule has 3 heteroatoms. The Hall–Kier alpha value is -1.64. The summed E-state index contributed by atoms with van der Waals surface area (Å²) >= 11 is 0. The minimum absolute atomic E-state index is 0.188. The van der Waals surface area contributed by atoms with Gasteiger partial charge in [-0.25, -0.2) is 0 Å². The third-order valence-electron chi connectivity index (χ3n) is 3.51. The fourth-order valence-corrected chi connectivity index (χ4v) is 2.62. The summed E-state index contributed by atoms with van der Waals surface area (Å²) < 4.78 is 11.0. The quantitative estimate of drug-likeness (QED) is 0.766. The van der Waals surface area contributed by atoms with Crippen molar-refractivity contribution in [3.05, 3.63) is 23.5 Å². The van der Waals surface area contributed by atoms with Crippen LogP contribution in [0.15, 0.2) is 16.5 Å². The van der Waals surface area contributed by atoms with Crippen molar-refractivity contribution in [3.63, 3.8) is 0 Å². The molecule has 0 amide bonds. The first-order valence-corrected chi connectivity index (χ1v) is 6.11. The summed E-state index contributed by atoms with van der Waals surface area (Å²) in [6.07, 6.45) is 5.71. The highest BCUT2D eigenvalue weighted by Gasteiger charge is 2.18. The molecular formula is C14H16O3. The maximum Gasteiger partial charge on any atom is 0.164 e. The van der Waals surface area contributed by atoms with Gasteiger partial charge in [0.25, 0.3) is 0 Å². The van der Waals surface area contributed by atoms with E-state index in [1.165, 1.54) is 24.8 Å². The first-order valence-electron chi connectivity index (χ1n) is 6.11. The second-order valence-corrected chi connectivity index (χ2v) is 4.58. The predicted octanol–water partition coefficient (Wildman–Crippen LogP) is 3.42. The van der Waals surface area contributed by atoms with Crippen LogP contribution in [0.5, 0.6) is 11.5 Å². The van der Waals surface area contributed by atoms with E-state index in [4.69, 9.17) is 9.15 Å². The van der Waals surface area contributed by atoms with Crippen molar-refractivity contribution >= 4 is 11.0 Å². The van der Waals surface area contributed by atoms with E-state index in [1.54, 1.807) is 19.2 Å². The van der Waals surface area contributed by atoms with E-state index in [2.05, 4.69) is 0 Å². The van der Waals surface area contributed by atoms with Crippen LogP contribution in [-0.4, -0.2) is 12.2 Å². The predicted molar refractivity (Wildman–Crippen MR) is 65.7 cm³/mol. The van der Waals surface area contributed by atoms with Gasteiger partial charge in [-0.2, -0.15) is 0 Å². The molecule has 17 heavy (non-hydrogen) atoms. The highest BCUT2D eigenvalue weighted by Crippen LogP contribution is 2.37. The van der Waals surface area contributed by atoms with Gasteiger partial charge in [-0.3, -0.25) is 0 Å². The van der Waals surface area contributed by atoms with Crippen molar-refractivity contribution in [3.8, 4) is 11.5 Å². The van der Waals surface area contributed by atoms with Gasteiger partial charge in [0.2, 0.25) is 0 Å². The van der Waals surface area contributed by atoms with Crippen molar-refractivity contribution in [2.45, 2.75) is 32.1 Å². The number of aromatic hydroxyl groups is 1. The molecule has 1 aliphatic carbocycles. The maximum absolute atomic E-state index is 9.83. The summed E-state index contributed by atoms with van der Waals surface area (Å²) in [6.45, 7) is 0. The van der Waals surface area contributed by atoms with Crippen molar-refractivity contribution in [1.82, 2.24) is 0 Å². The van der Waals surface area contributed by atoms with E-state index in [0.29, 0.717) is 5.75 Å². The van der Waals surface area contributed by atoms with Crippen LogP contribution in [0.3, 0.4) is 0 Å². The third kappa shape index (κ3) is 1.66. The molecule has 1 N–H and O–H groups in total. The van der Waals surface area contributed by atoms with Crippen molar-refractivity contribution < 1.29 is 14.3 Å². The van der Waals surface area contributed by atoms with Crippen LogP contribution in [0.25, 0.3) is 11.0 Å². The lowest BCUT2D eigenvalue weighted by atomic mass is 10.1. The number of rotatable bonds is 1. The molecule has 0 saturated heterocycles. The molecule has 0 fully saturated rings. The highest BCUT2D eigenvalue weighted by atomic mass is 16.5. The number of phenols is 1. The Labute approximate surface area is 100.0 Å². The molecule has 3 rings (SSSR count). The van der Waals surface area contributed by atoms with E-state index in [1.807, 2.05) is 0 Å². The Morgan fingerprint density at radius 1 is 1.18 bits per heavy atom. The minimum atomic E-state index is 0.188. The number of fused-ring (bicyclic) bond motifs is 3. The van der Waals surface area contributed by atoms with Gasteiger partial charge in [-0.15, -0.1) is 0 Å². The molecule has 0 radical (unpaired) electrons. The first-order chi connectivity index (χ1) is 8.29. The smallest absolute Gasteiger partial charge is 0.164 e. The van der Waals surface area contributed by atoms with Crippen LogP contribution in [0, 0.1) is 0 Å². The summed E-state index contributed by atoms with van der Waals surface area (Å²) in [5, 5.41) is 10.9. The molecule has 0 unspecified atom stereocenters. The lowest BCUT2D eigenvalue weighted by Crippen LogP contribution is -1.85. The zero-order valence-corrected chi connectivity index (χ0v) is 9.95. The fourth-order valence-electron chi connectivity index (χ4n) is 2.62. The Kier molecular flexibility index (Phi) is 2.46. The van der Waals surface area contributed by atoms with Gasteiger partial charge in [0.15, 0.2) is 11.5 Å². The van der Waals surface area contributed by atoms with E-state index in [0.717, 1.165) is 29.6 Å². The number of hydrogen-bond acceptors (Lipinski definition) is 3. The van der Waals surface area contributed by atoms with E-state index < -0.39 is 0 Å². The standard InChI is InChI=1S/C14H16O3/c1-16-14-8-13-10(7-11(14)15)9-5-3-2-4-6-12(9)17-13/h7-8,15H,2-6H2,1H3. The fraction of sp³-hybridized carbons (Fsp3) is 0.429. The van der Waals surface area contributed by atoms with Gasteiger partial charge < -0.3 is 14.3 Å². The van der Waals surface area contributed by atoms with E-state index in [-0.39, 0.29) is 5.75 Å². The molecule has 2 aromatic rings.